The molecule has 1 amide bonds. The molecule has 1 aliphatic rings. The minimum Gasteiger partial charge on any atom is -0.353 e. The Balaban J connectivity index is 1.65. The lowest BCUT2D eigenvalue weighted by Gasteiger charge is -2.24. The fourth-order valence-corrected chi connectivity index (χ4v) is 4.58. The van der Waals surface area contributed by atoms with Gasteiger partial charge in [0.05, 0.1) is 0 Å². The first-order chi connectivity index (χ1) is 13.6. The molecule has 0 bridgehead atoms. The molecule has 1 atom stereocenters. The average molecular weight is 375 g/mol. The number of fused-ring (bicyclic) bond motifs is 1. The lowest BCUT2D eigenvalue weighted by molar-refractivity contribution is -0.122. The van der Waals surface area contributed by atoms with Gasteiger partial charge in [-0.2, -0.15) is 0 Å². The summed E-state index contributed by atoms with van der Waals surface area (Å²) in [5.74, 6) is 0.237. The molecule has 1 saturated carbocycles. The highest BCUT2D eigenvalue weighted by Gasteiger charge is 2.24. The van der Waals surface area contributed by atoms with Gasteiger partial charge in [-0.1, -0.05) is 67.3 Å². The van der Waals surface area contributed by atoms with Gasteiger partial charge in [-0.3, -0.25) is 4.79 Å². The van der Waals surface area contributed by atoms with Crippen LogP contribution in [0.4, 0.5) is 0 Å². The molecule has 0 spiro atoms. The average Bonchev–Trinajstić information content (AvgIpc) is 3.04. The zero-order chi connectivity index (χ0) is 19.5. The summed E-state index contributed by atoms with van der Waals surface area (Å²) in [5.41, 5.74) is 4.90. The molecule has 3 nitrogen and oxygen atoms in total. The molecule has 0 radical (unpaired) electrons. The zero-order valence-corrected chi connectivity index (χ0v) is 16.9. The van der Waals surface area contributed by atoms with Crippen LogP contribution in [0.25, 0.3) is 10.9 Å². The number of aromatic nitrogens is 1. The number of rotatable bonds is 5. The molecular formula is C25H30N2O. The van der Waals surface area contributed by atoms with E-state index in [1.54, 1.807) is 0 Å². The summed E-state index contributed by atoms with van der Waals surface area (Å²) in [5, 5.41) is 4.55. The Labute approximate surface area is 167 Å². The van der Waals surface area contributed by atoms with Gasteiger partial charge < -0.3 is 9.88 Å². The van der Waals surface area contributed by atoms with E-state index in [2.05, 4.69) is 78.6 Å². The van der Waals surface area contributed by atoms with Gasteiger partial charge in [-0.25, -0.2) is 0 Å². The number of benzene rings is 2. The third kappa shape index (κ3) is 3.99. The number of hydrogen-bond donors (Lipinski definition) is 1. The van der Waals surface area contributed by atoms with Crippen molar-refractivity contribution in [1.29, 1.82) is 0 Å². The van der Waals surface area contributed by atoms with E-state index in [0.29, 0.717) is 12.5 Å². The number of amides is 1. The van der Waals surface area contributed by atoms with Crippen LogP contribution in [0.15, 0.2) is 54.7 Å². The maximum Gasteiger partial charge on any atom is 0.221 e. The molecule has 0 aliphatic heterocycles. The minimum absolute atomic E-state index is 0.0651. The smallest absolute Gasteiger partial charge is 0.221 e. The van der Waals surface area contributed by atoms with Gasteiger partial charge in [0, 0.05) is 42.5 Å². The van der Waals surface area contributed by atoms with Crippen LogP contribution in [0.2, 0.25) is 0 Å². The maximum atomic E-state index is 13.0. The Hall–Kier alpha value is -2.55. The second kappa shape index (κ2) is 8.22. The molecule has 3 aromatic rings. The van der Waals surface area contributed by atoms with Crippen molar-refractivity contribution in [3.8, 4) is 0 Å². The number of nitrogens with one attached hydrogen (secondary N) is 1. The highest BCUT2D eigenvalue weighted by molar-refractivity contribution is 5.86. The van der Waals surface area contributed by atoms with Crippen LogP contribution in [-0.4, -0.2) is 16.5 Å². The molecule has 3 heteroatoms. The first kappa shape index (κ1) is 18.8. The Morgan fingerprint density at radius 3 is 2.54 bits per heavy atom. The minimum atomic E-state index is 0.0651. The number of nitrogens with zero attached hydrogens (tertiary/aromatic N) is 1. The van der Waals surface area contributed by atoms with Crippen LogP contribution >= 0.6 is 0 Å². The fourth-order valence-electron chi connectivity index (χ4n) is 4.58. The van der Waals surface area contributed by atoms with Gasteiger partial charge >= 0.3 is 0 Å². The molecule has 4 rings (SSSR count). The van der Waals surface area contributed by atoms with Crippen molar-refractivity contribution in [3.05, 3.63) is 71.4 Å². The van der Waals surface area contributed by atoms with Crippen molar-refractivity contribution in [2.45, 2.75) is 57.4 Å². The summed E-state index contributed by atoms with van der Waals surface area (Å²) < 4.78 is 2.17. The summed E-state index contributed by atoms with van der Waals surface area (Å²) in [6.07, 6.45) is 8.70. The van der Waals surface area contributed by atoms with Gasteiger partial charge in [0.15, 0.2) is 0 Å². The van der Waals surface area contributed by atoms with E-state index in [9.17, 15) is 4.79 Å². The van der Waals surface area contributed by atoms with Crippen LogP contribution in [0, 0.1) is 6.92 Å². The largest absolute Gasteiger partial charge is 0.353 e. The van der Waals surface area contributed by atoms with Crippen LogP contribution in [-0.2, 0) is 11.8 Å². The van der Waals surface area contributed by atoms with Gasteiger partial charge in [-0.05, 0) is 37.0 Å². The number of hydrogen-bond acceptors (Lipinski definition) is 1. The maximum absolute atomic E-state index is 13.0. The van der Waals surface area contributed by atoms with Gasteiger partial charge in [0.2, 0.25) is 5.91 Å². The van der Waals surface area contributed by atoms with E-state index in [-0.39, 0.29) is 11.8 Å². The number of carbonyl (C=O) groups is 1. The van der Waals surface area contributed by atoms with E-state index in [1.807, 2.05) is 0 Å². The number of aryl methyl sites for hydroxylation is 2. The van der Waals surface area contributed by atoms with E-state index in [1.165, 1.54) is 46.9 Å². The summed E-state index contributed by atoms with van der Waals surface area (Å²) in [7, 11) is 2.08. The van der Waals surface area contributed by atoms with Crippen molar-refractivity contribution in [3.63, 3.8) is 0 Å². The molecule has 1 heterocycles. The van der Waals surface area contributed by atoms with Crippen molar-refractivity contribution in [1.82, 2.24) is 9.88 Å². The van der Waals surface area contributed by atoms with Crippen molar-refractivity contribution < 1.29 is 4.79 Å². The highest BCUT2D eigenvalue weighted by atomic mass is 16.1. The quantitative estimate of drug-likeness (QED) is 0.632. The molecule has 28 heavy (non-hydrogen) atoms. The summed E-state index contributed by atoms with van der Waals surface area (Å²) in [4.78, 5) is 13.0. The third-order valence-corrected chi connectivity index (χ3v) is 6.14. The predicted molar refractivity (Wildman–Crippen MR) is 116 cm³/mol. The standard InChI is InChI=1S/C25H30N2O/c1-18-12-14-19(15-13-18)22(16-25(28)26-20-8-4-3-5-9-20)23-17-27(2)24-11-7-6-10-21(23)24/h6-7,10-15,17,20,22H,3-5,8-9,16H2,1-2H3,(H,26,28)/t22-/m1/s1. The molecular weight excluding hydrogens is 344 g/mol. The summed E-state index contributed by atoms with van der Waals surface area (Å²) >= 11 is 0. The van der Waals surface area contributed by atoms with Crippen molar-refractivity contribution in [2.24, 2.45) is 7.05 Å². The molecule has 0 saturated heterocycles. The molecule has 1 aliphatic carbocycles. The van der Waals surface area contributed by atoms with Crippen LogP contribution in [0.3, 0.4) is 0 Å². The second-order valence-corrected chi connectivity index (χ2v) is 8.28. The first-order valence-electron chi connectivity index (χ1n) is 10.5. The lowest BCUT2D eigenvalue weighted by Crippen LogP contribution is -2.36. The third-order valence-electron chi connectivity index (χ3n) is 6.14. The Kier molecular flexibility index (Phi) is 5.52. The molecule has 2 aromatic carbocycles. The molecule has 146 valence electrons. The van der Waals surface area contributed by atoms with Crippen LogP contribution in [0.5, 0.6) is 0 Å². The summed E-state index contributed by atoms with van der Waals surface area (Å²) in [6, 6.07) is 17.5. The molecule has 0 unspecified atom stereocenters. The zero-order valence-electron chi connectivity index (χ0n) is 16.9. The normalized spacial score (nSPS) is 16.2. The van der Waals surface area contributed by atoms with Crippen molar-refractivity contribution in [2.75, 3.05) is 0 Å². The Morgan fingerprint density at radius 2 is 1.79 bits per heavy atom. The van der Waals surface area contributed by atoms with Gasteiger partial charge in [-0.15, -0.1) is 0 Å². The van der Waals surface area contributed by atoms with E-state index in [4.69, 9.17) is 0 Å². The monoisotopic (exact) mass is 374 g/mol. The molecule has 1 fully saturated rings. The fraction of sp³-hybridized carbons (Fsp3) is 0.400. The van der Waals surface area contributed by atoms with Gasteiger partial charge in [0.25, 0.3) is 0 Å². The van der Waals surface area contributed by atoms with E-state index >= 15 is 0 Å². The Bertz CT molecular complexity index is 948. The highest BCUT2D eigenvalue weighted by Crippen LogP contribution is 2.34. The molecule has 1 aromatic heterocycles. The van der Waals surface area contributed by atoms with Crippen LogP contribution < -0.4 is 5.32 Å². The second-order valence-electron chi connectivity index (χ2n) is 8.28. The summed E-state index contributed by atoms with van der Waals surface area (Å²) in [6.45, 7) is 2.10. The first-order valence-corrected chi connectivity index (χ1v) is 10.5. The Morgan fingerprint density at radius 1 is 1.07 bits per heavy atom. The topological polar surface area (TPSA) is 34.0 Å². The number of carbonyl (C=O) groups excluding carboxylic acids is 1. The van der Waals surface area contributed by atoms with Crippen molar-refractivity contribution >= 4 is 16.8 Å². The SMILES string of the molecule is Cc1ccc([C@@H](CC(=O)NC2CCCCC2)c2cn(C)c3ccccc23)cc1. The van der Waals surface area contributed by atoms with Crippen LogP contribution in [0.1, 0.15) is 61.1 Å². The lowest BCUT2D eigenvalue weighted by atomic mass is 9.87. The van der Waals surface area contributed by atoms with Gasteiger partial charge in [0.1, 0.15) is 0 Å². The number of para-hydroxylation sites is 1. The van der Waals surface area contributed by atoms with E-state index < -0.39 is 0 Å². The molecule has 1 N–H and O–H groups in total. The predicted octanol–water partition coefficient (Wildman–Crippen LogP) is 5.46. The van der Waals surface area contributed by atoms with E-state index in [0.717, 1.165) is 12.8 Å².